The molecule has 0 unspecified atom stereocenters. The number of carboxylic acid groups (broad SMARTS) is 1. The fourth-order valence-corrected chi connectivity index (χ4v) is 2.66. The van der Waals surface area contributed by atoms with Gasteiger partial charge in [0, 0.05) is 24.3 Å². The lowest BCUT2D eigenvalue weighted by Gasteiger charge is -2.19. The topological polar surface area (TPSA) is 66.6 Å². The smallest absolute Gasteiger partial charge is 0.335 e. The van der Waals surface area contributed by atoms with Crippen LogP contribution in [0.3, 0.4) is 0 Å². The lowest BCUT2D eigenvalue weighted by molar-refractivity contribution is 0.0697. The van der Waals surface area contributed by atoms with E-state index >= 15 is 0 Å². The Morgan fingerprint density at radius 3 is 2.90 bits per heavy atom. The number of hydrogen-bond donors (Lipinski definition) is 1. The molecule has 5 nitrogen and oxygen atoms in total. The van der Waals surface area contributed by atoms with Gasteiger partial charge >= 0.3 is 5.97 Å². The quantitative estimate of drug-likeness (QED) is 0.930. The van der Waals surface area contributed by atoms with Gasteiger partial charge in [0.05, 0.1) is 11.3 Å². The summed E-state index contributed by atoms with van der Waals surface area (Å²) >= 11 is 0. The standard InChI is InChI=1S/C15H16N2O3/c1-9-13(10(2)20-16-9)8-17-6-5-11-3-4-12(15(18)19)7-14(11)17/h3-4,7H,5-6,8H2,1-2H3,(H,18,19). The van der Waals surface area contributed by atoms with Gasteiger partial charge in [-0.15, -0.1) is 0 Å². The van der Waals surface area contributed by atoms with Crippen LogP contribution < -0.4 is 4.90 Å². The third-order valence-corrected chi connectivity index (χ3v) is 3.85. The van der Waals surface area contributed by atoms with E-state index in [4.69, 9.17) is 9.63 Å². The summed E-state index contributed by atoms with van der Waals surface area (Å²) in [6, 6.07) is 5.33. The largest absolute Gasteiger partial charge is 0.478 e. The van der Waals surface area contributed by atoms with Crippen LogP contribution in [0.1, 0.15) is 32.9 Å². The molecule has 1 aromatic heterocycles. The van der Waals surface area contributed by atoms with Crippen molar-refractivity contribution in [3.63, 3.8) is 0 Å². The number of aromatic carboxylic acids is 1. The molecule has 0 aliphatic carbocycles. The van der Waals surface area contributed by atoms with Crippen molar-refractivity contribution in [2.75, 3.05) is 11.4 Å². The molecule has 20 heavy (non-hydrogen) atoms. The van der Waals surface area contributed by atoms with Gasteiger partial charge in [-0.05, 0) is 38.0 Å². The average molecular weight is 272 g/mol. The van der Waals surface area contributed by atoms with Gasteiger partial charge in [-0.1, -0.05) is 11.2 Å². The van der Waals surface area contributed by atoms with E-state index in [1.165, 1.54) is 5.56 Å². The minimum atomic E-state index is -0.892. The third kappa shape index (κ3) is 2.05. The van der Waals surface area contributed by atoms with Crippen LogP contribution in [0.5, 0.6) is 0 Å². The zero-order chi connectivity index (χ0) is 14.3. The maximum atomic E-state index is 11.1. The highest BCUT2D eigenvalue weighted by atomic mass is 16.5. The van der Waals surface area contributed by atoms with E-state index in [1.807, 2.05) is 19.9 Å². The zero-order valence-corrected chi connectivity index (χ0v) is 11.5. The molecular weight excluding hydrogens is 256 g/mol. The molecule has 0 spiro atoms. The maximum Gasteiger partial charge on any atom is 0.335 e. The summed E-state index contributed by atoms with van der Waals surface area (Å²) in [5, 5.41) is 13.1. The highest BCUT2D eigenvalue weighted by Crippen LogP contribution is 2.31. The van der Waals surface area contributed by atoms with E-state index in [0.717, 1.165) is 35.7 Å². The molecule has 1 aromatic carbocycles. The molecule has 0 radical (unpaired) electrons. The van der Waals surface area contributed by atoms with Crippen molar-refractivity contribution in [3.8, 4) is 0 Å². The SMILES string of the molecule is Cc1noc(C)c1CN1CCc2ccc(C(=O)O)cc21. The highest BCUT2D eigenvalue weighted by molar-refractivity contribution is 5.89. The van der Waals surface area contributed by atoms with Gasteiger partial charge in [0.2, 0.25) is 0 Å². The summed E-state index contributed by atoms with van der Waals surface area (Å²) in [6.07, 6.45) is 0.943. The molecule has 3 rings (SSSR count). The first-order chi connectivity index (χ1) is 9.56. The molecule has 1 aliphatic heterocycles. The van der Waals surface area contributed by atoms with Crippen molar-refractivity contribution in [3.05, 3.63) is 46.3 Å². The first kappa shape index (κ1) is 12.7. The van der Waals surface area contributed by atoms with E-state index in [2.05, 4.69) is 10.1 Å². The molecule has 5 heteroatoms. The highest BCUT2D eigenvalue weighted by Gasteiger charge is 2.23. The van der Waals surface area contributed by atoms with Gasteiger partial charge in [-0.25, -0.2) is 4.79 Å². The van der Waals surface area contributed by atoms with Crippen molar-refractivity contribution >= 4 is 11.7 Å². The van der Waals surface area contributed by atoms with Gasteiger partial charge in [0.25, 0.3) is 0 Å². The van der Waals surface area contributed by atoms with E-state index in [9.17, 15) is 4.79 Å². The van der Waals surface area contributed by atoms with Gasteiger partial charge in [-0.2, -0.15) is 0 Å². The summed E-state index contributed by atoms with van der Waals surface area (Å²) in [5.41, 5.74) is 4.50. The molecule has 2 heterocycles. The fraction of sp³-hybridized carbons (Fsp3) is 0.333. The molecule has 0 bridgehead atoms. The number of rotatable bonds is 3. The molecule has 0 atom stereocenters. The summed E-state index contributed by atoms with van der Waals surface area (Å²) in [6.45, 7) is 5.43. The van der Waals surface area contributed by atoms with E-state index in [-0.39, 0.29) is 0 Å². The van der Waals surface area contributed by atoms with Crippen molar-refractivity contribution in [1.29, 1.82) is 0 Å². The molecule has 1 aliphatic rings. The minimum Gasteiger partial charge on any atom is -0.478 e. The number of carboxylic acids is 1. The Morgan fingerprint density at radius 1 is 1.45 bits per heavy atom. The second-order valence-corrected chi connectivity index (χ2v) is 5.12. The number of carbonyl (C=O) groups is 1. The van der Waals surface area contributed by atoms with Gasteiger partial charge in [0.1, 0.15) is 5.76 Å². The number of fused-ring (bicyclic) bond motifs is 1. The number of benzene rings is 1. The van der Waals surface area contributed by atoms with Crippen LogP contribution in [0.25, 0.3) is 0 Å². The Hall–Kier alpha value is -2.30. The van der Waals surface area contributed by atoms with E-state index in [0.29, 0.717) is 12.1 Å². The predicted octanol–water partition coefficient (Wildman–Crippen LogP) is 2.55. The molecule has 1 N–H and O–H groups in total. The van der Waals surface area contributed by atoms with Gasteiger partial charge < -0.3 is 14.5 Å². The number of hydrogen-bond acceptors (Lipinski definition) is 4. The maximum absolute atomic E-state index is 11.1. The van der Waals surface area contributed by atoms with Crippen LogP contribution in [0, 0.1) is 13.8 Å². The number of aryl methyl sites for hydroxylation is 2. The predicted molar refractivity (Wildman–Crippen MR) is 74.1 cm³/mol. The van der Waals surface area contributed by atoms with Crippen LogP contribution in [0.4, 0.5) is 5.69 Å². The monoisotopic (exact) mass is 272 g/mol. The van der Waals surface area contributed by atoms with Crippen molar-refractivity contribution in [2.45, 2.75) is 26.8 Å². The summed E-state index contributed by atoms with van der Waals surface area (Å²) < 4.78 is 5.18. The van der Waals surface area contributed by atoms with Crippen molar-refractivity contribution in [2.24, 2.45) is 0 Å². The molecule has 0 fully saturated rings. The molecule has 0 saturated carbocycles. The van der Waals surface area contributed by atoms with Crippen molar-refractivity contribution < 1.29 is 14.4 Å². The van der Waals surface area contributed by atoms with E-state index in [1.54, 1.807) is 12.1 Å². The molecule has 0 amide bonds. The van der Waals surface area contributed by atoms with Crippen LogP contribution in [0.2, 0.25) is 0 Å². The lowest BCUT2D eigenvalue weighted by Crippen LogP contribution is -2.20. The first-order valence-electron chi connectivity index (χ1n) is 6.59. The van der Waals surface area contributed by atoms with Gasteiger partial charge in [-0.3, -0.25) is 0 Å². The van der Waals surface area contributed by atoms with Crippen molar-refractivity contribution in [1.82, 2.24) is 5.16 Å². The van der Waals surface area contributed by atoms with Crippen LogP contribution in [-0.2, 0) is 13.0 Å². The van der Waals surface area contributed by atoms with Gasteiger partial charge in [0.15, 0.2) is 0 Å². The average Bonchev–Trinajstić information content (AvgIpc) is 2.97. The molecule has 2 aromatic rings. The molecule has 104 valence electrons. The van der Waals surface area contributed by atoms with Crippen LogP contribution >= 0.6 is 0 Å². The summed E-state index contributed by atoms with van der Waals surface area (Å²) in [5.74, 6) is -0.0673. The minimum absolute atomic E-state index is 0.328. The Labute approximate surface area is 116 Å². The first-order valence-corrected chi connectivity index (χ1v) is 6.59. The lowest BCUT2D eigenvalue weighted by atomic mass is 10.1. The summed E-state index contributed by atoms with van der Waals surface area (Å²) in [7, 11) is 0. The second kappa shape index (κ2) is 4.67. The number of anilines is 1. The zero-order valence-electron chi connectivity index (χ0n) is 11.5. The Kier molecular flexibility index (Phi) is 2.97. The molecule has 0 saturated heterocycles. The van der Waals surface area contributed by atoms with E-state index < -0.39 is 5.97 Å². The Morgan fingerprint density at radius 2 is 2.25 bits per heavy atom. The normalized spacial score (nSPS) is 13.6. The molecular formula is C15H16N2O3. The third-order valence-electron chi connectivity index (χ3n) is 3.85. The van der Waals surface area contributed by atoms with Crippen LogP contribution in [0.15, 0.2) is 22.7 Å². The Bertz CT molecular complexity index is 656. The number of nitrogens with zero attached hydrogens (tertiary/aromatic N) is 2. The second-order valence-electron chi connectivity index (χ2n) is 5.12. The fourth-order valence-electron chi connectivity index (χ4n) is 2.66. The summed E-state index contributed by atoms with van der Waals surface area (Å²) in [4.78, 5) is 13.3. The Balaban J connectivity index is 1.92. The van der Waals surface area contributed by atoms with Crippen LogP contribution in [-0.4, -0.2) is 22.8 Å². The number of aromatic nitrogens is 1.